The summed E-state index contributed by atoms with van der Waals surface area (Å²) in [6.45, 7) is 0.905. The quantitative estimate of drug-likeness (QED) is 0.710. The number of hydrogen-bond donors (Lipinski definition) is 0. The second-order valence-corrected chi connectivity index (χ2v) is 5.20. The van der Waals surface area contributed by atoms with Gasteiger partial charge in [0, 0.05) is 6.54 Å². The highest BCUT2D eigenvalue weighted by Crippen LogP contribution is 2.25. The molecule has 0 atom stereocenters. The van der Waals surface area contributed by atoms with E-state index >= 15 is 0 Å². The molecule has 5 heteroatoms. The minimum Gasteiger partial charge on any atom is -0.484 e. The summed E-state index contributed by atoms with van der Waals surface area (Å²) < 4.78 is 7.80. The maximum atomic E-state index is 8.84. The van der Waals surface area contributed by atoms with Gasteiger partial charge in [0.15, 0.2) is 0 Å². The van der Waals surface area contributed by atoms with Crippen LogP contribution >= 0.6 is 11.6 Å². The van der Waals surface area contributed by atoms with E-state index in [0.717, 1.165) is 16.9 Å². The molecule has 0 amide bonds. The van der Waals surface area contributed by atoms with Gasteiger partial charge in [-0.2, -0.15) is 5.26 Å². The summed E-state index contributed by atoms with van der Waals surface area (Å²) in [7, 11) is 0. The van der Waals surface area contributed by atoms with Gasteiger partial charge in [-0.25, -0.2) is 4.98 Å². The number of nitriles is 1. The summed E-state index contributed by atoms with van der Waals surface area (Å²) in [4.78, 5) is 4.60. The summed E-state index contributed by atoms with van der Waals surface area (Å²) in [6.07, 6.45) is 0.430. The van der Waals surface area contributed by atoms with Gasteiger partial charge in [-0.15, -0.1) is 0 Å². The largest absolute Gasteiger partial charge is 0.484 e. The number of ether oxygens (including phenoxy) is 1. The van der Waals surface area contributed by atoms with Gasteiger partial charge in [0.05, 0.1) is 28.5 Å². The van der Waals surface area contributed by atoms with Crippen molar-refractivity contribution in [3.8, 4) is 11.8 Å². The topological polar surface area (TPSA) is 50.8 Å². The van der Waals surface area contributed by atoms with Crippen LogP contribution in [0.3, 0.4) is 0 Å². The van der Waals surface area contributed by atoms with Gasteiger partial charge in [-0.3, -0.25) is 0 Å². The Hall–Kier alpha value is -2.51. The van der Waals surface area contributed by atoms with E-state index in [-0.39, 0.29) is 0 Å². The molecule has 1 aromatic heterocycles. The minimum absolute atomic E-state index is 0.309. The van der Waals surface area contributed by atoms with Crippen molar-refractivity contribution in [2.24, 2.45) is 0 Å². The van der Waals surface area contributed by atoms with Crippen LogP contribution in [0, 0.1) is 11.3 Å². The predicted octanol–water partition coefficient (Wildman–Crippen LogP) is 4.18. The highest BCUT2D eigenvalue weighted by Gasteiger charge is 2.11. The summed E-state index contributed by atoms with van der Waals surface area (Å²) in [6, 6.07) is 17.4. The first-order chi connectivity index (χ1) is 10.8. The first-order valence-corrected chi connectivity index (χ1v) is 7.36. The molecule has 0 saturated heterocycles. The number of aryl methyl sites for hydroxylation is 1. The van der Waals surface area contributed by atoms with E-state index in [9.17, 15) is 0 Å². The summed E-state index contributed by atoms with van der Waals surface area (Å²) in [5.74, 6) is 1.42. The third kappa shape index (κ3) is 2.90. The lowest BCUT2D eigenvalue weighted by molar-refractivity contribution is 0.290. The Morgan fingerprint density at radius 1 is 1.14 bits per heavy atom. The van der Waals surface area contributed by atoms with Crippen molar-refractivity contribution in [2.45, 2.75) is 19.6 Å². The molecule has 0 bridgehead atoms. The van der Waals surface area contributed by atoms with E-state index in [1.54, 1.807) is 6.07 Å². The number of halogens is 1. The number of aromatic nitrogens is 2. The molecule has 0 aliphatic carbocycles. The number of benzene rings is 2. The van der Waals surface area contributed by atoms with Crippen LogP contribution in [-0.2, 0) is 13.2 Å². The third-order valence-corrected chi connectivity index (χ3v) is 3.69. The number of rotatable bonds is 5. The van der Waals surface area contributed by atoms with Gasteiger partial charge >= 0.3 is 0 Å². The number of hydrogen-bond acceptors (Lipinski definition) is 3. The zero-order chi connectivity index (χ0) is 15.4. The monoisotopic (exact) mass is 311 g/mol. The van der Waals surface area contributed by atoms with Gasteiger partial charge in [0.25, 0.3) is 0 Å². The third-order valence-electron chi connectivity index (χ3n) is 3.37. The molecule has 2 aromatic carbocycles. The van der Waals surface area contributed by atoms with Crippen molar-refractivity contribution in [3.05, 3.63) is 59.4 Å². The molecule has 110 valence electrons. The Labute approximate surface area is 133 Å². The maximum absolute atomic E-state index is 8.84. The molecule has 0 spiro atoms. The number of para-hydroxylation sites is 3. The Morgan fingerprint density at radius 3 is 2.73 bits per heavy atom. The van der Waals surface area contributed by atoms with Crippen molar-refractivity contribution >= 4 is 22.6 Å². The first kappa shape index (κ1) is 14.4. The second kappa shape index (κ2) is 6.50. The maximum Gasteiger partial charge on any atom is 0.148 e. The molecule has 0 fully saturated rings. The number of fused-ring (bicyclic) bond motifs is 1. The van der Waals surface area contributed by atoms with Crippen LogP contribution in [-0.4, -0.2) is 9.55 Å². The lowest BCUT2D eigenvalue weighted by atomic mass is 10.3. The zero-order valence-electron chi connectivity index (χ0n) is 11.9. The molecule has 1 heterocycles. The molecular weight excluding hydrogens is 298 g/mol. The minimum atomic E-state index is 0.309. The Morgan fingerprint density at radius 2 is 1.91 bits per heavy atom. The van der Waals surface area contributed by atoms with Crippen molar-refractivity contribution in [1.82, 2.24) is 9.55 Å². The normalized spacial score (nSPS) is 10.5. The Kier molecular flexibility index (Phi) is 4.27. The average Bonchev–Trinajstić information content (AvgIpc) is 2.90. The molecule has 22 heavy (non-hydrogen) atoms. The molecule has 0 aliphatic heterocycles. The Bertz CT molecular complexity index is 835. The van der Waals surface area contributed by atoms with Crippen LogP contribution in [0.5, 0.6) is 5.75 Å². The number of imidazole rings is 1. The molecule has 4 nitrogen and oxygen atoms in total. The van der Waals surface area contributed by atoms with Gasteiger partial charge in [0.1, 0.15) is 18.2 Å². The SMILES string of the molecule is N#CCCn1c(COc2ccccc2Cl)nc2ccccc21. The molecule has 3 rings (SSSR count). The van der Waals surface area contributed by atoms with Crippen LogP contribution in [0.25, 0.3) is 11.0 Å². The van der Waals surface area contributed by atoms with E-state index in [0.29, 0.717) is 30.3 Å². The fourth-order valence-corrected chi connectivity index (χ4v) is 2.54. The van der Waals surface area contributed by atoms with Crippen LogP contribution < -0.4 is 4.74 Å². The van der Waals surface area contributed by atoms with Crippen LogP contribution in [0.4, 0.5) is 0 Å². The van der Waals surface area contributed by atoms with Gasteiger partial charge in [-0.1, -0.05) is 35.9 Å². The van der Waals surface area contributed by atoms with E-state index in [1.807, 2.05) is 47.0 Å². The molecule has 0 saturated carbocycles. The van der Waals surface area contributed by atoms with Crippen LogP contribution in [0.15, 0.2) is 48.5 Å². The highest BCUT2D eigenvalue weighted by atomic mass is 35.5. The lowest BCUT2D eigenvalue weighted by Gasteiger charge is -2.09. The lowest BCUT2D eigenvalue weighted by Crippen LogP contribution is -2.07. The Balaban J connectivity index is 1.89. The standard InChI is InChI=1S/C17H14ClN3O/c18-13-6-1-4-9-16(13)22-12-17-20-14-7-2-3-8-15(14)21(17)11-5-10-19/h1-4,6-9H,5,11-12H2. The van der Waals surface area contributed by atoms with Crippen molar-refractivity contribution in [3.63, 3.8) is 0 Å². The summed E-state index contributed by atoms with van der Waals surface area (Å²) >= 11 is 6.10. The van der Waals surface area contributed by atoms with Crippen molar-refractivity contribution < 1.29 is 4.74 Å². The average molecular weight is 312 g/mol. The van der Waals surface area contributed by atoms with Crippen LogP contribution in [0.2, 0.25) is 5.02 Å². The van der Waals surface area contributed by atoms with Gasteiger partial charge < -0.3 is 9.30 Å². The van der Waals surface area contributed by atoms with E-state index in [4.69, 9.17) is 21.6 Å². The van der Waals surface area contributed by atoms with Crippen molar-refractivity contribution in [1.29, 1.82) is 5.26 Å². The van der Waals surface area contributed by atoms with E-state index in [1.165, 1.54) is 0 Å². The molecule has 0 unspecified atom stereocenters. The smallest absolute Gasteiger partial charge is 0.148 e. The molecular formula is C17H14ClN3O. The fourth-order valence-electron chi connectivity index (χ4n) is 2.35. The first-order valence-electron chi connectivity index (χ1n) is 6.98. The second-order valence-electron chi connectivity index (χ2n) is 4.80. The van der Waals surface area contributed by atoms with E-state index in [2.05, 4.69) is 11.1 Å². The molecule has 0 aliphatic rings. The van der Waals surface area contributed by atoms with Gasteiger partial charge in [0.2, 0.25) is 0 Å². The zero-order valence-corrected chi connectivity index (χ0v) is 12.6. The number of nitrogens with zero attached hydrogens (tertiary/aromatic N) is 3. The molecule has 0 radical (unpaired) electrons. The molecule has 3 aromatic rings. The summed E-state index contributed by atoms with van der Waals surface area (Å²) in [5.41, 5.74) is 1.91. The van der Waals surface area contributed by atoms with Gasteiger partial charge in [-0.05, 0) is 24.3 Å². The summed E-state index contributed by atoms with van der Waals surface area (Å²) in [5, 5.41) is 9.41. The highest BCUT2D eigenvalue weighted by molar-refractivity contribution is 6.32. The fraction of sp³-hybridized carbons (Fsp3) is 0.176. The van der Waals surface area contributed by atoms with E-state index < -0.39 is 0 Å². The molecule has 0 N–H and O–H groups in total. The predicted molar refractivity (Wildman–Crippen MR) is 85.7 cm³/mol. The van der Waals surface area contributed by atoms with Crippen molar-refractivity contribution in [2.75, 3.05) is 0 Å². The van der Waals surface area contributed by atoms with Crippen LogP contribution in [0.1, 0.15) is 12.2 Å².